The summed E-state index contributed by atoms with van der Waals surface area (Å²) < 4.78 is 38.9. The van der Waals surface area contributed by atoms with Gasteiger partial charge in [-0.25, -0.2) is 0 Å². The van der Waals surface area contributed by atoms with Crippen molar-refractivity contribution in [2.75, 3.05) is 57.8 Å². The molecule has 0 saturated carbocycles. The highest BCUT2D eigenvalue weighted by atomic mass is 127. The number of rotatable bonds is 8. The number of hydrogen-bond donors (Lipinski definition) is 2. The van der Waals surface area contributed by atoms with E-state index in [2.05, 4.69) is 25.5 Å². The molecule has 1 aliphatic rings. The van der Waals surface area contributed by atoms with Gasteiger partial charge in [0.15, 0.2) is 5.96 Å². The summed E-state index contributed by atoms with van der Waals surface area (Å²) in [6.45, 7) is 5.64. The van der Waals surface area contributed by atoms with Crippen molar-refractivity contribution >= 4 is 35.6 Å². The Morgan fingerprint density at radius 2 is 1.79 bits per heavy atom. The first-order chi connectivity index (χ1) is 15.5. The van der Waals surface area contributed by atoms with E-state index >= 15 is 0 Å². The van der Waals surface area contributed by atoms with Gasteiger partial charge in [-0.15, -0.1) is 24.0 Å². The molecule has 0 aliphatic carbocycles. The number of hydrogen-bond acceptors (Lipinski definition) is 4. The molecule has 3 rings (SSSR count). The fourth-order valence-corrected chi connectivity index (χ4v) is 3.69. The Morgan fingerprint density at radius 3 is 2.45 bits per heavy atom. The van der Waals surface area contributed by atoms with Crippen LogP contribution in [0.25, 0.3) is 0 Å². The van der Waals surface area contributed by atoms with E-state index < -0.39 is 11.7 Å². The summed E-state index contributed by atoms with van der Waals surface area (Å²) in [5, 5.41) is 6.62. The van der Waals surface area contributed by atoms with Gasteiger partial charge in [0, 0.05) is 70.3 Å². The summed E-state index contributed by atoms with van der Waals surface area (Å²) in [4.78, 5) is 12.9. The minimum Gasteiger partial charge on any atom is -0.369 e. The molecule has 2 heterocycles. The number of halogens is 4. The summed E-state index contributed by atoms with van der Waals surface area (Å²) in [6.07, 6.45) is -0.719. The molecule has 6 nitrogen and oxygen atoms in total. The van der Waals surface area contributed by atoms with E-state index in [0.717, 1.165) is 76.4 Å². The van der Waals surface area contributed by atoms with Crippen molar-refractivity contribution in [3.63, 3.8) is 0 Å². The number of pyridine rings is 1. The fourth-order valence-electron chi connectivity index (χ4n) is 3.69. The number of aromatic nitrogens is 1. The molecule has 0 amide bonds. The highest BCUT2D eigenvalue weighted by Crippen LogP contribution is 2.31. The van der Waals surface area contributed by atoms with Crippen LogP contribution in [-0.4, -0.2) is 68.7 Å². The maximum atomic E-state index is 13.0. The Kier molecular flexibility index (Phi) is 11.2. The van der Waals surface area contributed by atoms with Crippen molar-refractivity contribution in [3.05, 3.63) is 59.9 Å². The average molecular weight is 576 g/mol. The molecule has 1 aromatic heterocycles. The SMILES string of the molecule is CN=C(NCCCN1CCN(c2cccc(C(F)(F)F)c2)CC1)NCCc1ccccn1.I. The van der Waals surface area contributed by atoms with E-state index in [9.17, 15) is 13.2 Å². The number of nitrogens with zero attached hydrogens (tertiary/aromatic N) is 4. The Bertz CT molecular complexity index is 855. The Labute approximate surface area is 210 Å². The van der Waals surface area contributed by atoms with Crippen LogP contribution in [0.3, 0.4) is 0 Å². The molecular weight excluding hydrogens is 544 g/mol. The second-order valence-corrected chi connectivity index (χ2v) is 7.73. The van der Waals surface area contributed by atoms with Crippen LogP contribution in [0.1, 0.15) is 17.7 Å². The van der Waals surface area contributed by atoms with E-state index in [4.69, 9.17) is 0 Å². The van der Waals surface area contributed by atoms with Gasteiger partial charge in [-0.1, -0.05) is 12.1 Å². The second-order valence-electron chi connectivity index (χ2n) is 7.73. The van der Waals surface area contributed by atoms with Gasteiger partial charge in [-0.05, 0) is 43.3 Å². The van der Waals surface area contributed by atoms with Gasteiger partial charge in [0.2, 0.25) is 0 Å². The van der Waals surface area contributed by atoms with E-state index in [1.807, 2.05) is 23.1 Å². The van der Waals surface area contributed by atoms with Crippen LogP contribution in [0.2, 0.25) is 0 Å². The number of aliphatic imine (C=N–C) groups is 1. The van der Waals surface area contributed by atoms with Crippen LogP contribution >= 0.6 is 24.0 Å². The first-order valence-electron chi connectivity index (χ1n) is 10.9. The Morgan fingerprint density at radius 1 is 1.03 bits per heavy atom. The van der Waals surface area contributed by atoms with Crippen molar-refractivity contribution in [1.29, 1.82) is 0 Å². The van der Waals surface area contributed by atoms with Crippen LogP contribution in [0.5, 0.6) is 0 Å². The topological polar surface area (TPSA) is 55.8 Å². The molecule has 2 N–H and O–H groups in total. The minimum atomic E-state index is -4.31. The monoisotopic (exact) mass is 576 g/mol. The zero-order valence-electron chi connectivity index (χ0n) is 18.8. The predicted octanol–water partition coefficient (Wildman–Crippen LogP) is 3.64. The molecule has 33 heavy (non-hydrogen) atoms. The smallest absolute Gasteiger partial charge is 0.369 e. The lowest BCUT2D eigenvalue weighted by molar-refractivity contribution is -0.137. The summed E-state index contributed by atoms with van der Waals surface area (Å²) in [6, 6.07) is 11.5. The lowest BCUT2D eigenvalue weighted by atomic mass is 10.1. The number of anilines is 1. The zero-order chi connectivity index (χ0) is 22.8. The van der Waals surface area contributed by atoms with Crippen LogP contribution in [-0.2, 0) is 12.6 Å². The summed E-state index contributed by atoms with van der Waals surface area (Å²) in [5.41, 5.74) is 1.09. The minimum absolute atomic E-state index is 0. The van der Waals surface area contributed by atoms with Crippen molar-refractivity contribution in [2.45, 2.75) is 19.0 Å². The molecule has 182 valence electrons. The van der Waals surface area contributed by atoms with Gasteiger partial charge in [0.05, 0.1) is 5.56 Å². The third-order valence-electron chi connectivity index (χ3n) is 5.48. The third-order valence-corrected chi connectivity index (χ3v) is 5.48. The third kappa shape index (κ3) is 9.00. The van der Waals surface area contributed by atoms with Crippen molar-refractivity contribution in [2.24, 2.45) is 4.99 Å². The van der Waals surface area contributed by atoms with Gasteiger partial charge in [-0.3, -0.25) is 14.9 Å². The molecule has 0 radical (unpaired) electrons. The molecule has 1 aliphatic heterocycles. The molecule has 0 unspecified atom stereocenters. The molecule has 10 heteroatoms. The molecule has 1 fully saturated rings. The number of benzene rings is 1. The highest BCUT2D eigenvalue weighted by molar-refractivity contribution is 14.0. The number of guanidine groups is 1. The summed E-state index contributed by atoms with van der Waals surface area (Å²) in [7, 11) is 1.75. The number of alkyl halides is 3. The van der Waals surface area contributed by atoms with Crippen molar-refractivity contribution < 1.29 is 13.2 Å². The first-order valence-corrected chi connectivity index (χ1v) is 10.9. The van der Waals surface area contributed by atoms with E-state index in [-0.39, 0.29) is 24.0 Å². The number of piperazine rings is 1. The predicted molar refractivity (Wildman–Crippen MR) is 137 cm³/mol. The fraction of sp³-hybridized carbons (Fsp3) is 0.478. The normalized spacial score (nSPS) is 15.2. The van der Waals surface area contributed by atoms with Crippen molar-refractivity contribution in [1.82, 2.24) is 20.5 Å². The average Bonchev–Trinajstić information content (AvgIpc) is 2.81. The molecular formula is C23H32F3IN6. The first kappa shape index (κ1) is 27.2. The standard InChI is InChI=1S/C23H31F3N6.HI/c1-27-22(30-12-9-20-7-2-3-10-28-20)29-11-5-13-31-14-16-32(17-15-31)21-8-4-6-19(18-21)23(24,25)26;/h2-4,6-8,10,18H,5,9,11-17H2,1H3,(H2,27,29,30);1H. The summed E-state index contributed by atoms with van der Waals surface area (Å²) in [5.74, 6) is 0.773. The van der Waals surface area contributed by atoms with Crippen LogP contribution in [0, 0.1) is 0 Å². The van der Waals surface area contributed by atoms with Crippen LogP contribution < -0.4 is 15.5 Å². The summed E-state index contributed by atoms with van der Waals surface area (Å²) >= 11 is 0. The van der Waals surface area contributed by atoms with E-state index in [1.165, 1.54) is 12.1 Å². The van der Waals surface area contributed by atoms with Crippen LogP contribution in [0.15, 0.2) is 53.7 Å². The molecule has 0 atom stereocenters. The number of nitrogens with one attached hydrogen (secondary N) is 2. The van der Waals surface area contributed by atoms with Gasteiger partial charge < -0.3 is 15.5 Å². The lowest BCUT2D eigenvalue weighted by Crippen LogP contribution is -2.47. The lowest BCUT2D eigenvalue weighted by Gasteiger charge is -2.36. The van der Waals surface area contributed by atoms with Gasteiger partial charge in [-0.2, -0.15) is 13.2 Å². The quantitative estimate of drug-likeness (QED) is 0.218. The van der Waals surface area contributed by atoms with Crippen LogP contribution in [0.4, 0.5) is 18.9 Å². The zero-order valence-corrected chi connectivity index (χ0v) is 21.1. The largest absolute Gasteiger partial charge is 0.416 e. The molecule has 2 aromatic rings. The second kappa shape index (κ2) is 13.6. The highest BCUT2D eigenvalue weighted by Gasteiger charge is 2.31. The van der Waals surface area contributed by atoms with Crippen molar-refractivity contribution in [3.8, 4) is 0 Å². The van der Waals surface area contributed by atoms with Gasteiger partial charge in [0.1, 0.15) is 0 Å². The Balaban J connectivity index is 0.00000385. The molecule has 1 aromatic carbocycles. The maximum Gasteiger partial charge on any atom is 0.416 e. The van der Waals surface area contributed by atoms with E-state index in [0.29, 0.717) is 5.69 Å². The van der Waals surface area contributed by atoms with Gasteiger partial charge in [0.25, 0.3) is 0 Å². The Hall–Kier alpha value is -2.08. The molecule has 1 saturated heterocycles. The molecule has 0 spiro atoms. The maximum absolute atomic E-state index is 13.0. The molecule has 0 bridgehead atoms. The van der Waals surface area contributed by atoms with Gasteiger partial charge >= 0.3 is 6.18 Å². The van der Waals surface area contributed by atoms with E-state index in [1.54, 1.807) is 19.3 Å².